The fraction of sp³-hybridized carbons (Fsp3) is 0.353. The second-order valence-corrected chi connectivity index (χ2v) is 17.7. The third-order valence-corrected chi connectivity index (χ3v) is 13.2. The number of carbonyl (C=O) groups is 7. The lowest BCUT2D eigenvalue weighted by Crippen LogP contribution is -2.44. The van der Waals surface area contributed by atoms with Crippen molar-refractivity contribution in [2.24, 2.45) is 0 Å². The molecule has 5 aliphatic rings. The highest BCUT2D eigenvalue weighted by atomic mass is 16.5. The molecular formula is C51H50N6O10. The van der Waals surface area contributed by atoms with Crippen LogP contribution in [0.2, 0.25) is 0 Å². The summed E-state index contributed by atoms with van der Waals surface area (Å²) in [6.45, 7) is 3.36. The maximum atomic E-state index is 13.0. The maximum Gasteiger partial charge on any atom is 0.320 e. The first-order chi connectivity index (χ1) is 32.5. The molecule has 3 atom stereocenters. The van der Waals surface area contributed by atoms with Crippen LogP contribution < -0.4 is 9.47 Å². The van der Waals surface area contributed by atoms with Gasteiger partial charge in [0.05, 0.1) is 50.8 Å². The summed E-state index contributed by atoms with van der Waals surface area (Å²) >= 11 is 0. The number of nitrogens with zero attached hydrogens (tertiary/aromatic N) is 6. The molecule has 1 N–H and O–H groups in total. The molecule has 4 heterocycles. The number of ether oxygens (including phenoxy) is 2. The summed E-state index contributed by atoms with van der Waals surface area (Å²) in [4.78, 5) is 90.4. The van der Waals surface area contributed by atoms with Crippen LogP contribution in [0.5, 0.6) is 11.5 Å². The summed E-state index contributed by atoms with van der Waals surface area (Å²) in [5.74, 6) is -0.336. The van der Waals surface area contributed by atoms with E-state index in [9.17, 15) is 38.7 Å². The average molecular weight is 907 g/mol. The number of hydrogen-bond donors (Lipinski definition) is 1. The number of rotatable bonds is 13. The number of benzene rings is 4. The van der Waals surface area contributed by atoms with Crippen molar-refractivity contribution in [2.45, 2.75) is 109 Å². The molecule has 2 unspecified atom stereocenters. The first-order valence-electron chi connectivity index (χ1n) is 22.7. The predicted octanol–water partition coefficient (Wildman–Crippen LogP) is 5.51. The van der Waals surface area contributed by atoms with Crippen LogP contribution in [0, 0.1) is 0 Å². The van der Waals surface area contributed by atoms with Crippen LogP contribution >= 0.6 is 0 Å². The van der Waals surface area contributed by atoms with Gasteiger partial charge in [-0.25, -0.2) is 4.68 Å². The number of carbonyl (C=O) groups excluding carboxylic acids is 6. The van der Waals surface area contributed by atoms with Crippen molar-refractivity contribution in [2.75, 3.05) is 6.54 Å². The molecule has 16 nitrogen and oxygen atoms in total. The number of hydrogen-bond acceptors (Lipinski definition) is 12. The molecule has 3 fully saturated rings. The molecule has 3 aliphatic heterocycles. The fourth-order valence-corrected chi connectivity index (χ4v) is 9.64. The second-order valence-electron chi connectivity index (χ2n) is 17.7. The van der Waals surface area contributed by atoms with E-state index in [0.29, 0.717) is 94.1 Å². The van der Waals surface area contributed by atoms with Crippen LogP contribution in [0.25, 0.3) is 0 Å². The van der Waals surface area contributed by atoms with Crippen LogP contribution in [0.1, 0.15) is 105 Å². The van der Waals surface area contributed by atoms with E-state index in [-0.39, 0.29) is 47.8 Å². The van der Waals surface area contributed by atoms with Gasteiger partial charge in [-0.05, 0) is 78.7 Å². The molecule has 2 saturated carbocycles. The maximum absolute atomic E-state index is 13.0. The van der Waals surface area contributed by atoms with E-state index in [1.165, 1.54) is 0 Å². The molecule has 2 aliphatic carbocycles. The number of amides is 2. The quantitative estimate of drug-likeness (QED) is 0.145. The summed E-state index contributed by atoms with van der Waals surface area (Å²) < 4.78 is 13.9. The normalized spacial score (nSPS) is 20.4. The van der Waals surface area contributed by atoms with Crippen LogP contribution in [0.15, 0.2) is 97.3 Å². The van der Waals surface area contributed by atoms with Gasteiger partial charge in [0.1, 0.15) is 42.3 Å². The predicted molar refractivity (Wildman–Crippen MR) is 240 cm³/mol. The average Bonchev–Trinajstić information content (AvgIpc) is 4.14. The number of Topliss-reactive ketones (excluding diaryl/α,β-unsaturated/α-hetero) is 4. The van der Waals surface area contributed by atoms with Crippen molar-refractivity contribution in [3.05, 3.63) is 142 Å². The Morgan fingerprint density at radius 3 is 1.58 bits per heavy atom. The van der Waals surface area contributed by atoms with Crippen LogP contribution in [-0.2, 0) is 63.4 Å². The van der Waals surface area contributed by atoms with Gasteiger partial charge in [-0.15, -0.1) is 5.10 Å². The van der Waals surface area contributed by atoms with Gasteiger partial charge in [0.2, 0.25) is 0 Å². The standard InChI is InChI=1S/C27H28N2O6.C24H22N4O4/c30-19-10-11-22(24(31)13-19)29-15-21-20(26(29)32)3-1-5-25(21)35-16-18-8-6-17(7-9-18)14-28-12-2-4-23(28)27(33)34;29-18-8-9-21(22(30)12-18)28-14-20-19(24(28)31)2-1-3-23(20)32-15-17-6-4-16(5-7-17)13-27-11-10-25-26-27/h1,3,5-9,22-23H,2,4,10-16H2,(H,33,34);1-7,10-11,21H,8-9,12-15H2/t22?,23-;/m0./s1. The minimum absolute atomic E-state index is 0.0493. The molecule has 16 heteroatoms. The smallest absolute Gasteiger partial charge is 0.320 e. The van der Waals surface area contributed by atoms with Gasteiger partial charge in [0, 0.05) is 47.8 Å². The van der Waals surface area contributed by atoms with Gasteiger partial charge < -0.3 is 24.4 Å². The second kappa shape index (κ2) is 19.6. The lowest BCUT2D eigenvalue weighted by Gasteiger charge is -2.29. The van der Waals surface area contributed by atoms with E-state index >= 15 is 0 Å². The number of carboxylic acid groups (broad SMARTS) is 1. The van der Waals surface area contributed by atoms with Gasteiger partial charge in [-0.2, -0.15) is 0 Å². The number of ketones is 4. The SMILES string of the molecule is O=C1CCC(N2Cc3c(OCc4ccc(CN5CCC[C@H]5C(=O)O)cc4)cccc3C2=O)C(=O)C1.O=C1CCC(N2Cc3c(OCc4ccc(Cn5ccnn5)cc4)cccc3C2=O)C(=O)C1. The Balaban J connectivity index is 0.000000169. The fourth-order valence-electron chi connectivity index (χ4n) is 9.64. The molecule has 10 rings (SSSR count). The van der Waals surface area contributed by atoms with Gasteiger partial charge >= 0.3 is 5.97 Å². The van der Waals surface area contributed by atoms with Crippen molar-refractivity contribution in [3.8, 4) is 11.5 Å². The number of carboxylic acids is 1. The molecule has 344 valence electrons. The van der Waals surface area contributed by atoms with Crippen molar-refractivity contribution >= 4 is 40.9 Å². The summed E-state index contributed by atoms with van der Waals surface area (Å²) in [7, 11) is 0. The van der Waals surface area contributed by atoms with E-state index in [2.05, 4.69) is 10.3 Å². The minimum atomic E-state index is -0.763. The summed E-state index contributed by atoms with van der Waals surface area (Å²) in [6, 6.07) is 25.3. The van der Waals surface area contributed by atoms with E-state index in [0.717, 1.165) is 46.3 Å². The third kappa shape index (κ3) is 9.94. The molecule has 0 spiro atoms. The Labute approximate surface area is 386 Å². The number of fused-ring (bicyclic) bond motifs is 2. The zero-order valence-electron chi connectivity index (χ0n) is 36.9. The van der Waals surface area contributed by atoms with Gasteiger partial charge in [0.15, 0.2) is 11.6 Å². The highest BCUT2D eigenvalue weighted by Crippen LogP contribution is 2.36. The number of aromatic nitrogens is 3. The molecule has 2 amide bonds. The van der Waals surface area contributed by atoms with Crippen LogP contribution in [0.4, 0.5) is 0 Å². The van der Waals surface area contributed by atoms with Crippen LogP contribution in [0.3, 0.4) is 0 Å². The summed E-state index contributed by atoms with van der Waals surface area (Å²) in [6.07, 6.45) is 6.32. The Hall–Kier alpha value is -7.33. The van der Waals surface area contributed by atoms with Crippen LogP contribution in [-0.4, -0.2) is 100 Å². The Morgan fingerprint density at radius 1 is 0.627 bits per heavy atom. The third-order valence-electron chi connectivity index (χ3n) is 13.2. The van der Waals surface area contributed by atoms with E-state index < -0.39 is 24.1 Å². The molecule has 67 heavy (non-hydrogen) atoms. The van der Waals surface area contributed by atoms with Gasteiger partial charge in [0.25, 0.3) is 11.8 Å². The van der Waals surface area contributed by atoms with Gasteiger partial charge in [-0.1, -0.05) is 65.9 Å². The highest BCUT2D eigenvalue weighted by molar-refractivity contribution is 6.08. The van der Waals surface area contributed by atoms with Crippen molar-refractivity contribution in [3.63, 3.8) is 0 Å². The largest absolute Gasteiger partial charge is 0.489 e. The van der Waals surface area contributed by atoms with Crippen molar-refractivity contribution < 1.29 is 48.1 Å². The minimum Gasteiger partial charge on any atom is -0.489 e. The van der Waals surface area contributed by atoms with Crippen molar-refractivity contribution in [1.29, 1.82) is 0 Å². The van der Waals surface area contributed by atoms with Gasteiger partial charge in [-0.3, -0.25) is 38.5 Å². The Bertz CT molecular complexity index is 2720. The Kier molecular flexibility index (Phi) is 13.1. The first kappa shape index (κ1) is 44.9. The molecule has 0 bridgehead atoms. The van der Waals surface area contributed by atoms with E-state index in [4.69, 9.17) is 9.47 Å². The zero-order valence-corrected chi connectivity index (χ0v) is 36.9. The molecule has 1 saturated heterocycles. The number of aliphatic carboxylic acids is 1. The highest BCUT2D eigenvalue weighted by Gasteiger charge is 2.41. The van der Waals surface area contributed by atoms with Crippen molar-refractivity contribution in [1.82, 2.24) is 29.7 Å². The first-order valence-corrected chi connectivity index (χ1v) is 22.7. The number of likely N-dealkylation sites (tertiary alicyclic amines) is 1. The summed E-state index contributed by atoms with van der Waals surface area (Å²) in [5.41, 5.74) is 6.81. The van der Waals surface area contributed by atoms with E-state index in [1.54, 1.807) is 44.9 Å². The van der Waals surface area contributed by atoms with E-state index in [1.807, 2.05) is 71.8 Å². The molecule has 4 aromatic carbocycles. The molecule has 0 radical (unpaired) electrons. The monoisotopic (exact) mass is 906 g/mol. The topological polar surface area (TPSA) is 199 Å². The lowest BCUT2D eigenvalue weighted by molar-refractivity contribution is -0.142. The Morgan fingerprint density at radius 2 is 1.12 bits per heavy atom. The molecule has 5 aromatic rings. The molecular weight excluding hydrogens is 857 g/mol. The molecule has 1 aromatic heterocycles. The summed E-state index contributed by atoms with van der Waals surface area (Å²) in [5, 5.41) is 17.1. The zero-order chi connectivity index (χ0) is 46.6. The lowest BCUT2D eigenvalue weighted by atomic mass is 9.92.